The van der Waals surface area contributed by atoms with Crippen molar-refractivity contribution in [3.05, 3.63) is 123 Å². The number of aromatic nitrogens is 1. The summed E-state index contributed by atoms with van der Waals surface area (Å²) in [6.45, 7) is 4.21. The molecule has 0 fully saturated rings. The molecule has 2 N–H and O–H groups in total. The molecule has 9 bridgehead atoms. The van der Waals surface area contributed by atoms with Crippen LogP contribution in [0.4, 0.5) is 17.1 Å². The van der Waals surface area contributed by atoms with E-state index in [4.69, 9.17) is 5.43 Å². The molecule has 0 spiro atoms. The van der Waals surface area contributed by atoms with E-state index in [1.807, 2.05) is 29.2 Å². The third kappa shape index (κ3) is 5.65. The molecule has 1 unspecified atom stereocenters. The second-order valence-electron chi connectivity index (χ2n) is 12.1. The number of nitrogens with one attached hydrogen (secondary N) is 2. The van der Waals surface area contributed by atoms with E-state index < -0.39 is 0 Å². The number of benzene rings is 3. The molecule has 224 valence electrons. The standard InChI is InChI=1S/C36H37N6O2/c1-24-31-14-15-33-35(24)39-40-42(33)18-4-2-3-6-25-8-10-27(11-9-25)36(44)41-19-16-26-12-13-28(20-29(26)23-41)32(31)21-34(43)38-30-7-5-17-37-22-30/h5,7-15,17,20,22,32,40H,2-4,6,16,18-19,21,23H2,1H3,(H,38,43)/q-1. The van der Waals surface area contributed by atoms with Crippen molar-refractivity contribution >= 4 is 28.9 Å². The van der Waals surface area contributed by atoms with Crippen LogP contribution in [0.5, 0.6) is 0 Å². The number of anilines is 2. The van der Waals surface area contributed by atoms with Gasteiger partial charge < -0.3 is 26.2 Å². The predicted octanol–water partition coefficient (Wildman–Crippen LogP) is 6.72. The normalized spacial score (nSPS) is 17.8. The van der Waals surface area contributed by atoms with Crippen molar-refractivity contribution in [1.82, 2.24) is 15.4 Å². The number of hydrogen-bond acceptors (Lipinski definition) is 5. The van der Waals surface area contributed by atoms with E-state index in [9.17, 15) is 9.59 Å². The summed E-state index contributed by atoms with van der Waals surface area (Å²) in [4.78, 5) is 33.1. The number of hydrazine groups is 1. The minimum absolute atomic E-state index is 0.0679. The average molecular weight is 586 g/mol. The minimum Gasteiger partial charge on any atom is -0.602 e. The maximum atomic E-state index is 13.6. The molecule has 6 aliphatic heterocycles. The van der Waals surface area contributed by atoms with E-state index >= 15 is 0 Å². The molecule has 1 atom stereocenters. The zero-order valence-electron chi connectivity index (χ0n) is 25.1. The third-order valence-corrected chi connectivity index (χ3v) is 9.22. The van der Waals surface area contributed by atoms with E-state index in [1.165, 1.54) is 11.1 Å². The molecule has 0 aliphatic carbocycles. The first-order chi connectivity index (χ1) is 21.5. The lowest BCUT2D eigenvalue weighted by molar-refractivity contribution is -0.116. The van der Waals surface area contributed by atoms with E-state index in [1.54, 1.807) is 12.4 Å². The highest BCUT2D eigenvalue weighted by atomic mass is 16.2. The molecule has 2 amide bonds. The van der Waals surface area contributed by atoms with Crippen molar-refractivity contribution in [2.45, 2.75) is 57.9 Å². The summed E-state index contributed by atoms with van der Waals surface area (Å²) in [6.07, 6.45) is 8.66. The van der Waals surface area contributed by atoms with Gasteiger partial charge >= 0.3 is 0 Å². The lowest BCUT2D eigenvalue weighted by Gasteiger charge is -2.31. The van der Waals surface area contributed by atoms with Crippen LogP contribution in [0.25, 0.3) is 5.43 Å². The summed E-state index contributed by atoms with van der Waals surface area (Å²) in [5.41, 5.74) is 18.2. The topological polar surface area (TPSA) is 91.7 Å². The molecule has 7 heterocycles. The second-order valence-corrected chi connectivity index (χ2v) is 12.1. The zero-order chi connectivity index (χ0) is 30.0. The fraction of sp³-hybridized carbons (Fsp3) is 0.306. The average Bonchev–Trinajstić information content (AvgIpc) is 3.47. The van der Waals surface area contributed by atoms with Gasteiger partial charge in [0.1, 0.15) is 0 Å². The number of hydrogen-bond donors (Lipinski definition) is 2. The quantitative estimate of drug-likeness (QED) is 0.279. The Labute approximate surface area is 258 Å². The number of nitrogens with zero attached hydrogens (tertiary/aromatic N) is 4. The monoisotopic (exact) mass is 585 g/mol. The molecule has 0 saturated carbocycles. The van der Waals surface area contributed by atoms with Crippen molar-refractivity contribution < 1.29 is 9.59 Å². The Balaban J connectivity index is 1.27. The van der Waals surface area contributed by atoms with Crippen molar-refractivity contribution in [2.75, 3.05) is 23.4 Å². The van der Waals surface area contributed by atoms with Gasteiger partial charge in [-0.15, -0.1) is 0 Å². The Bertz CT molecular complexity index is 1690. The molecule has 8 nitrogen and oxygen atoms in total. The van der Waals surface area contributed by atoms with E-state index in [-0.39, 0.29) is 24.2 Å². The number of carbonyl (C=O) groups is 2. The Hall–Kier alpha value is -4.69. The van der Waals surface area contributed by atoms with Crippen LogP contribution in [0.2, 0.25) is 0 Å². The van der Waals surface area contributed by atoms with Gasteiger partial charge in [-0.3, -0.25) is 14.6 Å². The van der Waals surface area contributed by atoms with Gasteiger partial charge in [0.05, 0.1) is 11.9 Å². The van der Waals surface area contributed by atoms with Gasteiger partial charge in [0.25, 0.3) is 5.91 Å². The first-order valence-corrected chi connectivity index (χ1v) is 15.6. The number of amides is 2. The molecule has 0 radical (unpaired) electrons. The first kappa shape index (κ1) is 28.1. The minimum atomic E-state index is -0.195. The molecule has 4 aromatic rings. The molecule has 44 heavy (non-hydrogen) atoms. The van der Waals surface area contributed by atoms with Crippen LogP contribution in [-0.4, -0.2) is 34.8 Å². The highest BCUT2D eigenvalue weighted by molar-refractivity contribution is 5.94. The van der Waals surface area contributed by atoms with Gasteiger partial charge in [-0.05, 0) is 90.8 Å². The van der Waals surface area contributed by atoms with E-state index in [2.05, 4.69) is 70.2 Å². The fourth-order valence-electron chi connectivity index (χ4n) is 6.75. The van der Waals surface area contributed by atoms with E-state index in [0.29, 0.717) is 18.8 Å². The summed E-state index contributed by atoms with van der Waals surface area (Å²) < 4.78 is 0. The molecule has 8 heteroatoms. The third-order valence-electron chi connectivity index (χ3n) is 9.22. The second kappa shape index (κ2) is 12.1. The Kier molecular flexibility index (Phi) is 7.75. The molecule has 0 saturated heterocycles. The summed E-state index contributed by atoms with van der Waals surface area (Å²) in [6, 6.07) is 22.6. The lowest BCUT2D eigenvalue weighted by atomic mass is 9.83. The predicted molar refractivity (Wildman–Crippen MR) is 173 cm³/mol. The smallest absolute Gasteiger partial charge is 0.254 e. The molecule has 3 aromatic carbocycles. The lowest BCUT2D eigenvalue weighted by Crippen LogP contribution is -2.36. The molecule has 6 aliphatic rings. The summed E-state index contributed by atoms with van der Waals surface area (Å²) >= 11 is 0. The number of pyridine rings is 1. The van der Waals surface area contributed by atoms with Gasteiger partial charge in [-0.2, -0.15) is 0 Å². The molecular weight excluding hydrogens is 548 g/mol. The van der Waals surface area contributed by atoms with Crippen molar-refractivity contribution in [1.29, 1.82) is 0 Å². The summed E-state index contributed by atoms with van der Waals surface area (Å²) in [5.74, 6) is -0.208. The van der Waals surface area contributed by atoms with Crippen LogP contribution in [0.15, 0.2) is 79.1 Å². The maximum absolute atomic E-state index is 13.6. The van der Waals surface area contributed by atoms with Gasteiger partial charge in [0.2, 0.25) is 5.91 Å². The van der Waals surface area contributed by atoms with Crippen LogP contribution in [0.1, 0.15) is 75.3 Å². The molecule has 1 aromatic heterocycles. The van der Waals surface area contributed by atoms with E-state index in [0.717, 1.165) is 77.8 Å². The number of aryl methyl sites for hydroxylation is 1. The Morgan fingerprint density at radius 2 is 1.89 bits per heavy atom. The Morgan fingerprint density at radius 1 is 1.00 bits per heavy atom. The highest BCUT2D eigenvalue weighted by Gasteiger charge is 2.27. The SMILES string of the molecule is Cc1c2ccc3c1[N-]NN3CCCCCc1ccc(cc1)C(=O)N1CCc3ccc(cc3C1)C2CC(=O)Nc1cccnc1. The molecule has 10 rings (SSSR count). The van der Waals surface area contributed by atoms with Crippen LogP contribution in [-0.2, 0) is 24.2 Å². The van der Waals surface area contributed by atoms with Crippen LogP contribution < -0.4 is 15.9 Å². The number of rotatable bonds is 3. The van der Waals surface area contributed by atoms with Gasteiger partial charge in [0.15, 0.2) is 0 Å². The van der Waals surface area contributed by atoms with Gasteiger partial charge in [-0.25, -0.2) is 0 Å². The van der Waals surface area contributed by atoms with Crippen LogP contribution in [0, 0.1) is 6.92 Å². The van der Waals surface area contributed by atoms with Crippen molar-refractivity contribution in [3.8, 4) is 0 Å². The first-order valence-electron chi connectivity index (χ1n) is 15.6. The number of carbonyl (C=O) groups excluding carboxylic acids is 2. The molecular formula is C36H37N6O2-. The van der Waals surface area contributed by atoms with Gasteiger partial charge in [-0.1, -0.05) is 54.1 Å². The Morgan fingerprint density at radius 3 is 2.73 bits per heavy atom. The van der Waals surface area contributed by atoms with Crippen LogP contribution >= 0.6 is 0 Å². The zero-order valence-corrected chi connectivity index (χ0v) is 25.1. The summed E-state index contributed by atoms with van der Waals surface area (Å²) in [5, 5.41) is 5.16. The largest absolute Gasteiger partial charge is 0.602 e. The van der Waals surface area contributed by atoms with Crippen LogP contribution in [0.3, 0.4) is 0 Å². The fourth-order valence-corrected chi connectivity index (χ4v) is 6.75. The highest BCUT2D eigenvalue weighted by Crippen LogP contribution is 2.44. The maximum Gasteiger partial charge on any atom is 0.254 e. The van der Waals surface area contributed by atoms with Gasteiger partial charge in [0, 0.05) is 49.4 Å². The van der Waals surface area contributed by atoms with Crippen molar-refractivity contribution in [3.63, 3.8) is 0 Å². The summed E-state index contributed by atoms with van der Waals surface area (Å²) in [7, 11) is 0. The van der Waals surface area contributed by atoms with Crippen molar-refractivity contribution in [2.24, 2.45) is 0 Å².